The Balaban J connectivity index is 1.51. The smallest absolute Gasteiger partial charge is 0.277 e. The summed E-state index contributed by atoms with van der Waals surface area (Å²) in [6, 6.07) is 19.0. The second kappa shape index (κ2) is 8.49. The summed E-state index contributed by atoms with van der Waals surface area (Å²) in [6.07, 6.45) is 1.45. The number of hydrogen-bond acceptors (Lipinski definition) is 4. The maximum Gasteiger partial charge on any atom is 0.277 e. The van der Waals surface area contributed by atoms with E-state index in [9.17, 15) is 4.79 Å². The van der Waals surface area contributed by atoms with Crippen LogP contribution < -0.4 is 10.2 Å². The lowest BCUT2D eigenvalue weighted by atomic mass is 10.2. The van der Waals surface area contributed by atoms with Crippen molar-refractivity contribution in [3.8, 4) is 17.1 Å². The molecule has 0 saturated carbocycles. The maximum absolute atomic E-state index is 11.8. The van der Waals surface area contributed by atoms with Gasteiger partial charge in [0.1, 0.15) is 17.3 Å². The van der Waals surface area contributed by atoms with Crippen molar-refractivity contribution in [1.29, 1.82) is 0 Å². The van der Waals surface area contributed by atoms with Crippen molar-refractivity contribution >= 4 is 28.1 Å². The van der Waals surface area contributed by atoms with Gasteiger partial charge in [-0.05, 0) is 42.8 Å². The number of amides is 1. The van der Waals surface area contributed by atoms with Gasteiger partial charge in [-0.2, -0.15) is 5.10 Å². The van der Waals surface area contributed by atoms with Gasteiger partial charge in [0.15, 0.2) is 6.61 Å². The van der Waals surface area contributed by atoms with E-state index in [1.54, 1.807) is 6.07 Å². The monoisotopic (exact) mass is 412 g/mol. The molecule has 132 valence electrons. The quantitative estimate of drug-likeness (QED) is 0.477. The van der Waals surface area contributed by atoms with Gasteiger partial charge in [-0.15, -0.1) is 0 Å². The Labute approximate surface area is 159 Å². The molecule has 0 aliphatic rings. The topological polar surface area (TPSA) is 63.8 Å². The average molecular weight is 413 g/mol. The van der Waals surface area contributed by atoms with Gasteiger partial charge in [-0.3, -0.25) is 4.79 Å². The second-order valence-corrected chi connectivity index (χ2v) is 6.47. The van der Waals surface area contributed by atoms with Gasteiger partial charge in [0, 0.05) is 10.0 Å². The number of para-hydroxylation sites is 1. The highest BCUT2D eigenvalue weighted by atomic mass is 79.9. The Hall–Kier alpha value is -2.86. The zero-order valence-corrected chi connectivity index (χ0v) is 15.7. The molecule has 1 N–H and O–H groups in total. The molecule has 1 aromatic heterocycles. The Morgan fingerprint density at radius 2 is 1.92 bits per heavy atom. The molecule has 6 heteroatoms. The molecular weight excluding hydrogens is 396 g/mol. The van der Waals surface area contributed by atoms with E-state index < -0.39 is 0 Å². The molecule has 0 aliphatic carbocycles. The summed E-state index contributed by atoms with van der Waals surface area (Å²) in [4.78, 5) is 11.8. The third-order valence-corrected chi connectivity index (χ3v) is 4.12. The fourth-order valence-corrected chi connectivity index (χ4v) is 2.52. The van der Waals surface area contributed by atoms with Gasteiger partial charge in [-0.25, -0.2) is 5.43 Å². The Morgan fingerprint density at radius 3 is 2.69 bits per heavy atom. The Morgan fingerprint density at radius 1 is 1.15 bits per heavy atom. The minimum atomic E-state index is -0.343. The number of hydrazone groups is 1. The summed E-state index contributed by atoms with van der Waals surface area (Å²) in [6.45, 7) is 1.82. The zero-order chi connectivity index (χ0) is 18.4. The van der Waals surface area contributed by atoms with Gasteiger partial charge in [0.25, 0.3) is 5.91 Å². The number of carbonyl (C=O) groups is 1. The molecule has 1 amide bonds. The van der Waals surface area contributed by atoms with E-state index in [-0.39, 0.29) is 12.5 Å². The number of furan rings is 1. The van der Waals surface area contributed by atoms with Crippen molar-refractivity contribution in [2.24, 2.45) is 5.10 Å². The first-order chi connectivity index (χ1) is 12.6. The summed E-state index contributed by atoms with van der Waals surface area (Å²) < 4.78 is 12.2. The van der Waals surface area contributed by atoms with Gasteiger partial charge >= 0.3 is 0 Å². The average Bonchev–Trinajstić information content (AvgIpc) is 3.10. The summed E-state index contributed by atoms with van der Waals surface area (Å²) in [5, 5.41) is 3.89. The van der Waals surface area contributed by atoms with Crippen molar-refractivity contribution in [2.75, 3.05) is 6.61 Å². The van der Waals surface area contributed by atoms with E-state index in [2.05, 4.69) is 26.5 Å². The van der Waals surface area contributed by atoms with E-state index in [1.807, 2.05) is 61.5 Å². The van der Waals surface area contributed by atoms with Gasteiger partial charge in [0.2, 0.25) is 0 Å². The molecule has 3 aromatic rings. The molecule has 0 bridgehead atoms. The van der Waals surface area contributed by atoms with Crippen molar-refractivity contribution in [2.45, 2.75) is 6.92 Å². The lowest BCUT2D eigenvalue weighted by Crippen LogP contribution is -2.24. The molecule has 0 unspecified atom stereocenters. The van der Waals surface area contributed by atoms with Crippen LogP contribution in [0.25, 0.3) is 11.3 Å². The number of hydrogen-bond donors (Lipinski definition) is 1. The fourth-order valence-electron chi connectivity index (χ4n) is 2.25. The number of nitrogens with one attached hydrogen (secondary N) is 1. The normalized spacial score (nSPS) is 10.8. The van der Waals surface area contributed by atoms with Crippen LogP contribution in [0.3, 0.4) is 0 Å². The van der Waals surface area contributed by atoms with Crippen LogP contribution in [0.2, 0.25) is 0 Å². The molecule has 0 radical (unpaired) electrons. The molecule has 2 aromatic carbocycles. The van der Waals surface area contributed by atoms with Crippen LogP contribution in [0.15, 0.2) is 74.7 Å². The van der Waals surface area contributed by atoms with Crippen LogP contribution in [0.5, 0.6) is 5.75 Å². The fraction of sp³-hybridized carbons (Fsp3) is 0.100. The third-order valence-electron chi connectivity index (χ3n) is 3.59. The molecule has 0 atom stereocenters. The van der Waals surface area contributed by atoms with Gasteiger partial charge in [-0.1, -0.05) is 46.3 Å². The Kier molecular flexibility index (Phi) is 5.86. The number of rotatable bonds is 6. The van der Waals surface area contributed by atoms with E-state index in [0.717, 1.165) is 21.4 Å². The molecule has 26 heavy (non-hydrogen) atoms. The number of benzene rings is 2. The van der Waals surface area contributed by atoms with E-state index in [0.29, 0.717) is 11.5 Å². The predicted octanol–water partition coefficient (Wildman–Crippen LogP) is 4.55. The molecule has 1 heterocycles. The molecule has 5 nitrogen and oxygen atoms in total. The van der Waals surface area contributed by atoms with E-state index in [1.165, 1.54) is 6.21 Å². The summed E-state index contributed by atoms with van der Waals surface area (Å²) >= 11 is 3.40. The van der Waals surface area contributed by atoms with Crippen LogP contribution in [-0.4, -0.2) is 18.7 Å². The number of nitrogens with zero attached hydrogens (tertiary/aromatic N) is 1. The van der Waals surface area contributed by atoms with Crippen LogP contribution in [0.1, 0.15) is 11.3 Å². The van der Waals surface area contributed by atoms with Crippen LogP contribution >= 0.6 is 15.9 Å². The summed E-state index contributed by atoms with van der Waals surface area (Å²) in [7, 11) is 0. The molecule has 3 rings (SSSR count). The zero-order valence-electron chi connectivity index (χ0n) is 14.1. The lowest BCUT2D eigenvalue weighted by molar-refractivity contribution is -0.123. The number of ether oxygens (including phenoxy) is 1. The van der Waals surface area contributed by atoms with Crippen LogP contribution in [0, 0.1) is 6.92 Å². The largest absolute Gasteiger partial charge is 0.483 e. The lowest BCUT2D eigenvalue weighted by Gasteiger charge is -2.07. The highest BCUT2D eigenvalue weighted by Gasteiger charge is 2.05. The van der Waals surface area contributed by atoms with Crippen molar-refractivity contribution in [3.05, 3.63) is 76.5 Å². The molecule has 0 fully saturated rings. The number of aryl methyl sites for hydroxylation is 1. The maximum atomic E-state index is 11.8. The predicted molar refractivity (Wildman–Crippen MR) is 104 cm³/mol. The van der Waals surface area contributed by atoms with Crippen LogP contribution in [-0.2, 0) is 4.79 Å². The Bertz CT molecular complexity index is 917. The summed E-state index contributed by atoms with van der Waals surface area (Å²) in [5.41, 5.74) is 4.35. The summed E-state index contributed by atoms with van der Waals surface area (Å²) in [5.74, 6) is 1.61. The van der Waals surface area contributed by atoms with Crippen molar-refractivity contribution in [1.82, 2.24) is 5.43 Å². The van der Waals surface area contributed by atoms with Crippen LogP contribution in [0.4, 0.5) is 0 Å². The molecule has 0 saturated heterocycles. The van der Waals surface area contributed by atoms with Gasteiger partial charge < -0.3 is 9.15 Å². The number of carbonyl (C=O) groups excluding carboxylic acids is 1. The van der Waals surface area contributed by atoms with E-state index >= 15 is 0 Å². The number of halogens is 1. The SMILES string of the molecule is Cc1ccccc1OCC(=O)NN=Cc1ccc(-c2ccc(Br)cc2)o1. The standard InChI is InChI=1S/C20H17BrN2O3/c1-14-4-2-3-5-18(14)25-13-20(24)23-22-12-17-10-11-19(26-17)15-6-8-16(21)9-7-15/h2-12H,13H2,1H3,(H,23,24). The second-order valence-electron chi connectivity index (χ2n) is 5.56. The molecule has 0 aliphatic heterocycles. The molecular formula is C20H17BrN2O3. The highest BCUT2D eigenvalue weighted by Crippen LogP contribution is 2.23. The first kappa shape index (κ1) is 17.9. The first-order valence-electron chi connectivity index (χ1n) is 7.98. The minimum Gasteiger partial charge on any atom is -0.483 e. The highest BCUT2D eigenvalue weighted by molar-refractivity contribution is 9.10. The van der Waals surface area contributed by atoms with Gasteiger partial charge in [0.05, 0.1) is 6.21 Å². The minimum absolute atomic E-state index is 0.107. The van der Waals surface area contributed by atoms with Crippen molar-refractivity contribution < 1.29 is 13.9 Å². The van der Waals surface area contributed by atoms with Crippen molar-refractivity contribution in [3.63, 3.8) is 0 Å². The first-order valence-corrected chi connectivity index (χ1v) is 8.77. The third kappa shape index (κ3) is 4.83. The van der Waals surface area contributed by atoms with E-state index in [4.69, 9.17) is 9.15 Å². The molecule has 0 spiro atoms.